The van der Waals surface area contributed by atoms with Gasteiger partial charge in [0.15, 0.2) is 0 Å². The molecule has 1 aromatic heterocycles. The van der Waals surface area contributed by atoms with Gasteiger partial charge < -0.3 is 10.2 Å². The van der Waals surface area contributed by atoms with Crippen molar-refractivity contribution in [2.24, 2.45) is 0 Å². The van der Waals surface area contributed by atoms with Crippen molar-refractivity contribution in [3.63, 3.8) is 0 Å². The van der Waals surface area contributed by atoms with Crippen LogP contribution in [0.1, 0.15) is 10.4 Å². The molecule has 0 spiro atoms. The van der Waals surface area contributed by atoms with E-state index in [4.69, 9.17) is 0 Å². The first-order valence-corrected chi connectivity index (χ1v) is 7.59. The zero-order chi connectivity index (χ0) is 16.2. The van der Waals surface area contributed by atoms with E-state index in [1.54, 1.807) is 6.20 Å². The summed E-state index contributed by atoms with van der Waals surface area (Å²) in [6.45, 7) is 1.69. The van der Waals surface area contributed by atoms with Gasteiger partial charge >= 0.3 is 0 Å². The average Bonchev–Trinajstić information content (AvgIpc) is 3.00. The fraction of sp³-hybridized carbons (Fsp3) is 0.222. The van der Waals surface area contributed by atoms with E-state index in [1.807, 2.05) is 67.4 Å². The summed E-state index contributed by atoms with van der Waals surface area (Å²) in [5.74, 6) is -0.122. The lowest BCUT2D eigenvalue weighted by Gasteiger charge is -2.08. The third-order valence-electron chi connectivity index (χ3n) is 3.68. The smallest absolute Gasteiger partial charge is 0.255 e. The molecule has 0 radical (unpaired) electrons. The Morgan fingerprint density at radius 3 is 2.74 bits per heavy atom. The molecule has 0 aliphatic carbocycles. The summed E-state index contributed by atoms with van der Waals surface area (Å²) < 4.78 is 1.83. The van der Waals surface area contributed by atoms with E-state index in [1.165, 1.54) is 0 Å². The van der Waals surface area contributed by atoms with Gasteiger partial charge in [0, 0.05) is 18.3 Å². The molecule has 3 rings (SSSR count). The zero-order valence-electron chi connectivity index (χ0n) is 13.4. The third-order valence-corrected chi connectivity index (χ3v) is 3.68. The van der Waals surface area contributed by atoms with Crippen LogP contribution in [0.5, 0.6) is 0 Å². The second-order valence-electron chi connectivity index (χ2n) is 5.81. The molecule has 5 nitrogen and oxygen atoms in total. The van der Waals surface area contributed by atoms with E-state index < -0.39 is 0 Å². The van der Waals surface area contributed by atoms with Gasteiger partial charge in [0.25, 0.3) is 5.91 Å². The molecule has 1 N–H and O–H groups in total. The molecule has 23 heavy (non-hydrogen) atoms. The van der Waals surface area contributed by atoms with Gasteiger partial charge in [-0.15, -0.1) is 0 Å². The van der Waals surface area contributed by atoms with Crippen LogP contribution in [0.2, 0.25) is 0 Å². The van der Waals surface area contributed by atoms with E-state index in [0.717, 1.165) is 23.9 Å². The van der Waals surface area contributed by atoms with Crippen molar-refractivity contribution in [2.75, 3.05) is 26.0 Å². The number of hydrogen-bond donors (Lipinski definition) is 1. The molecule has 5 heteroatoms. The number of likely N-dealkylation sites (N-methyl/N-ethyl adjacent to an activating group) is 1. The molecular weight excluding hydrogens is 288 g/mol. The largest absolute Gasteiger partial charge is 0.319 e. The van der Waals surface area contributed by atoms with Gasteiger partial charge in [-0.2, -0.15) is 5.10 Å². The number of carbonyl (C=O) groups is 1. The topological polar surface area (TPSA) is 50.2 Å². The molecule has 0 atom stereocenters. The SMILES string of the molecule is CN(C)CCn1cc(NC(=O)c2ccc3ccccc3c2)cn1. The maximum Gasteiger partial charge on any atom is 0.255 e. The number of nitrogens with one attached hydrogen (secondary N) is 1. The van der Waals surface area contributed by atoms with Crippen LogP contribution in [0.15, 0.2) is 54.9 Å². The van der Waals surface area contributed by atoms with Crippen LogP contribution < -0.4 is 5.32 Å². The van der Waals surface area contributed by atoms with Gasteiger partial charge in [0.05, 0.1) is 18.4 Å². The van der Waals surface area contributed by atoms with Gasteiger partial charge in [-0.3, -0.25) is 9.48 Å². The van der Waals surface area contributed by atoms with Gasteiger partial charge in [0.2, 0.25) is 0 Å². The van der Waals surface area contributed by atoms with Crippen LogP contribution in [0, 0.1) is 0 Å². The zero-order valence-corrected chi connectivity index (χ0v) is 13.4. The van der Waals surface area contributed by atoms with Crippen molar-refractivity contribution >= 4 is 22.4 Å². The summed E-state index contributed by atoms with van der Waals surface area (Å²) in [4.78, 5) is 14.5. The minimum absolute atomic E-state index is 0.122. The van der Waals surface area contributed by atoms with Crippen molar-refractivity contribution < 1.29 is 4.79 Å². The summed E-state index contributed by atoms with van der Waals surface area (Å²) in [6.07, 6.45) is 3.52. The molecule has 2 aromatic carbocycles. The first kappa shape index (κ1) is 15.2. The Balaban J connectivity index is 1.70. The Morgan fingerprint density at radius 2 is 1.96 bits per heavy atom. The van der Waals surface area contributed by atoms with Crippen LogP contribution in [0.4, 0.5) is 5.69 Å². The number of rotatable bonds is 5. The summed E-state index contributed by atoms with van der Waals surface area (Å²) in [5.41, 5.74) is 1.35. The highest BCUT2D eigenvalue weighted by atomic mass is 16.1. The van der Waals surface area contributed by atoms with Crippen LogP contribution in [-0.4, -0.2) is 41.2 Å². The Hall–Kier alpha value is -2.66. The Kier molecular flexibility index (Phi) is 4.39. The molecular formula is C18H20N4O. The lowest BCUT2D eigenvalue weighted by Crippen LogP contribution is -2.18. The maximum atomic E-state index is 12.4. The van der Waals surface area contributed by atoms with E-state index in [-0.39, 0.29) is 5.91 Å². The van der Waals surface area contributed by atoms with E-state index in [0.29, 0.717) is 11.3 Å². The molecule has 0 aliphatic rings. The molecule has 0 unspecified atom stereocenters. The van der Waals surface area contributed by atoms with Crippen molar-refractivity contribution in [2.45, 2.75) is 6.54 Å². The Morgan fingerprint density at radius 1 is 1.17 bits per heavy atom. The molecule has 0 fully saturated rings. The third kappa shape index (κ3) is 3.76. The summed E-state index contributed by atoms with van der Waals surface area (Å²) in [7, 11) is 4.04. The highest BCUT2D eigenvalue weighted by Gasteiger charge is 2.08. The van der Waals surface area contributed by atoms with Crippen LogP contribution in [0.3, 0.4) is 0 Å². The van der Waals surface area contributed by atoms with Crippen molar-refractivity contribution in [3.05, 3.63) is 60.4 Å². The van der Waals surface area contributed by atoms with Gasteiger partial charge in [-0.25, -0.2) is 0 Å². The second kappa shape index (κ2) is 6.62. The lowest BCUT2D eigenvalue weighted by atomic mass is 10.1. The highest BCUT2D eigenvalue weighted by molar-refractivity contribution is 6.06. The molecule has 1 heterocycles. The lowest BCUT2D eigenvalue weighted by molar-refractivity contribution is 0.102. The molecule has 0 saturated carbocycles. The first-order valence-electron chi connectivity index (χ1n) is 7.59. The molecule has 1 amide bonds. The minimum atomic E-state index is -0.122. The van der Waals surface area contributed by atoms with Crippen LogP contribution >= 0.6 is 0 Å². The second-order valence-corrected chi connectivity index (χ2v) is 5.81. The Bertz CT molecular complexity index is 823. The summed E-state index contributed by atoms with van der Waals surface area (Å²) in [6, 6.07) is 13.7. The fourth-order valence-corrected chi connectivity index (χ4v) is 2.39. The average molecular weight is 308 g/mol. The van der Waals surface area contributed by atoms with E-state index in [9.17, 15) is 4.79 Å². The number of fused-ring (bicyclic) bond motifs is 1. The standard InChI is InChI=1S/C18H20N4O/c1-21(2)9-10-22-13-17(12-19-22)20-18(23)16-8-7-14-5-3-4-6-15(14)11-16/h3-8,11-13H,9-10H2,1-2H3,(H,20,23). The van der Waals surface area contributed by atoms with Crippen molar-refractivity contribution in [1.29, 1.82) is 0 Å². The number of aromatic nitrogens is 2. The predicted octanol–water partition coefficient (Wildman–Crippen LogP) is 2.85. The summed E-state index contributed by atoms with van der Waals surface area (Å²) >= 11 is 0. The quantitative estimate of drug-likeness (QED) is 0.788. The van der Waals surface area contributed by atoms with E-state index in [2.05, 4.69) is 15.3 Å². The number of amides is 1. The van der Waals surface area contributed by atoms with Crippen molar-refractivity contribution in [3.8, 4) is 0 Å². The van der Waals surface area contributed by atoms with Gasteiger partial charge in [-0.1, -0.05) is 30.3 Å². The van der Waals surface area contributed by atoms with Crippen LogP contribution in [-0.2, 0) is 6.54 Å². The molecule has 118 valence electrons. The number of anilines is 1. The number of hydrogen-bond acceptors (Lipinski definition) is 3. The normalized spacial score (nSPS) is 11.1. The summed E-state index contributed by atoms with van der Waals surface area (Å²) in [5, 5.41) is 9.34. The molecule has 0 bridgehead atoms. The number of nitrogens with zero attached hydrogens (tertiary/aromatic N) is 3. The van der Waals surface area contributed by atoms with Gasteiger partial charge in [0.1, 0.15) is 0 Å². The van der Waals surface area contributed by atoms with Crippen LogP contribution in [0.25, 0.3) is 10.8 Å². The number of carbonyl (C=O) groups excluding carboxylic acids is 1. The Labute approximate surface area is 135 Å². The minimum Gasteiger partial charge on any atom is -0.319 e. The maximum absolute atomic E-state index is 12.4. The predicted molar refractivity (Wildman–Crippen MR) is 92.7 cm³/mol. The van der Waals surface area contributed by atoms with Gasteiger partial charge in [-0.05, 0) is 37.0 Å². The molecule has 3 aromatic rings. The molecule has 0 saturated heterocycles. The van der Waals surface area contributed by atoms with Crippen molar-refractivity contribution in [1.82, 2.24) is 14.7 Å². The number of benzene rings is 2. The van der Waals surface area contributed by atoms with E-state index >= 15 is 0 Å². The monoisotopic (exact) mass is 308 g/mol. The molecule has 0 aliphatic heterocycles. The highest BCUT2D eigenvalue weighted by Crippen LogP contribution is 2.17. The fourth-order valence-electron chi connectivity index (χ4n) is 2.39. The first-order chi connectivity index (χ1) is 11.1.